The molecule has 2 aromatic heterocycles. The zero-order valence-electron chi connectivity index (χ0n) is 11.2. The molecular formula is C13H17N3O3S. The molecule has 1 aliphatic heterocycles. The topological polar surface area (TPSA) is 71.6 Å². The van der Waals surface area contributed by atoms with Gasteiger partial charge in [-0.3, -0.25) is 4.90 Å². The van der Waals surface area contributed by atoms with Gasteiger partial charge in [-0.2, -0.15) is 16.3 Å². The number of aliphatic hydroxyl groups excluding tert-OH is 1. The molecule has 0 aromatic carbocycles. The quantitative estimate of drug-likeness (QED) is 0.919. The van der Waals surface area contributed by atoms with Gasteiger partial charge in [-0.05, 0) is 18.4 Å². The molecule has 0 amide bonds. The van der Waals surface area contributed by atoms with Crippen molar-refractivity contribution in [3.05, 3.63) is 22.7 Å². The number of hydrogen-bond donors (Lipinski definition) is 1. The van der Waals surface area contributed by atoms with Crippen molar-refractivity contribution in [2.75, 3.05) is 19.8 Å². The van der Waals surface area contributed by atoms with E-state index >= 15 is 0 Å². The number of rotatable bonds is 4. The van der Waals surface area contributed by atoms with Gasteiger partial charge in [0.1, 0.15) is 0 Å². The standard InChI is InChI=1S/C13H17N3O3S/c1-9-7-18-11(6-17)4-16(9)5-12-14-13(15-19-12)10-2-3-20-8-10/h2-3,8-9,11,17H,4-7H2,1H3. The molecule has 20 heavy (non-hydrogen) atoms. The number of morpholine rings is 1. The van der Waals surface area contributed by atoms with Gasteiger partial charge in [0.2, 0.25) is 11.7 Å². The molecule has 0 bridgehead atoms. The zero-order valence-corrected chi connectivity index (χ0v) is 12.0. The molecule has 0 saturated carbocycles. The van der Waals surface area contributed by atoms with Gasteiger partial charge >= 0.3 is 0 Å². The molecule has 3 rings (SSSR count). The molecule has 0 radical (unpaired) electrons. The SMILES string of the molecule is CC1COC(CO)CN1Cc1nc(-c2ccsc2)no1. The van der Waals surface area contributed by atoms with Crippen LogP contribution in [0.5, 0.6) is 0 Å². The van der Waals surface area contributed by atoms with Crippen LogP contribution in [0.15, 0.2) is 21.3 Å². The van der Waals surface area contributed by atoms with Crippen LogP contribution in [0.1, 0.15) is 12.8 Å². The van der Waals surface area contributed by atoms with E-state index in [1.54, 1.807) is 11.3 Å². The molecule has 2 atom stereocenters. The van der Waals surface area contributed by atoms with Crippen molar-refractivity contribution in [2.45, 2.75) is 25.6 Å². The van der Waals surface area contributed by atoms with Crippen LogP contribution in [0.3, 0.4) is 0 Å². The predicted molar refractivity (Wildman–Crippen MR) is 74.3 cm³/mol. The Balaban J connectivity index is 1.68. The highest BCUT2D eigenvalue weighted by molar-refractivity contribution is 7.08. The molecule has 1 fully saturated rings. The fourth-order valence-electron chi connectivity index (χ4n) is 2.21. The highest BCUT2D eigenvalue weighted by Crippen LogP contribution is 2.20. The lowest BCUT2D eigenvalue weighted by atomic mass is 10.2. The van der Waals surface area contributed by atoms with E-state index in [2.05, 4.69) is 22.0 Å². The minimum absolute atomic E-state index is 0.0349. The van der Waals surface area contributed by atoms with Crippen molar-refractivity contribution in [3.8, 4) is 11.4 Å². The van der Waals surface area contributed by atoms with Crippen LogP contribution in [-0.4, -0.2) is 52.1 Å². The normalized spacial score (nSPS) is 24.1. The summed E-state index contributed by atoms with van der Waals surface area (Å²) < 4.78 is 10.8. The third kappa shape index (κ3) is 2.90. The Hall–Kier alpha value is -1.28. The predicted octanol–water partition coefficient (Wildman–Crippen LogP) is 1.38. The molecule has 6 nitrogen and oxygen atoms in total. The molecule has 7 heteroatoms. The second-order valence-electron chi connectivity index (χ2n) is 4.94. The Bertz CT molecular complexity index is 543. The monoisotopic (exact) mass is 295 g/mol. The Labute approximate surface area is 121 Å². The number of aliphatic hydroxyl groups is 1. The molecule has 0 aliphatic carbocycles. The van der Waals surface area contributed by atoms with Gasteiger partial charge in [-0.15, -0.1) is 0 Å². The van der Waals surface area contributed by atoms with E-state index in [-0.39, 0.29) is 18.8 Å². The fraction of sp³-hybridized carbons (Fsp3) is 0.538. The average molecular weight is 295 g/mol. The first-order valence-corrected chi connectivity index (χ1v) is 7.52. The number of ether oxygens (including phenoxy) is 1. The largest absolute Gasteiger partial charge is 0.394 e. The third-order valence-corrected chi connectivity index (χ3v) is 4.11. The summed E-state index contributed by atoms with van der Waals surface area (Å²) >= 11 is 1.61. The van der Waals surface area contributed by atoms with Crippen LogP contribution in [0.2, 0.25) is 0 Å². The third-order valence-electron chi connectivity index (χ3n) is 3.42. The van der Waals surface area contributed by atoms with Crippen molar-refractivity contribution >= 4 is 11.3 Å². The number of hydrogen-bond acceptors (Lipinski definition) is 7. The summed E-state index contributed by atoms with van der Waals surface area (Å²) in [6.45, 7) is 3.99. The summed E-state index contributed by atoms with van der Waals surface area (Å²) in [4.78, 5) is 6.61. The molecule has 2 aromatic rings. The summed E-state index contributed by atoms with van der Waals surface area (Å²) in [5.74, 6) is 1.22. The van der Waals surface area contributed by atoms with Crippen molar-refractivity contribution < 1.29 is 14.4 Å². The van der Waals surface area contributed by atoms with Crippen LogP contribution in [0.25, 0.3) is 11.4 Å². The van der Waals surface area contributed by atoms with Crippen molar-refractivity contribution in [1.29, 1.82) is 0 Å². The first kappa shape index (κ1) is 13.7. The lowest BCUT2D eigenvalue weighted by Gasteiger charge is -2.36. The van der Waals surface area contributed by atoms with Gasteiger partial charge in [0.05, 0.1) is 25.9 Å². The van der Waals surface area contributed by atoms with Crippen molar-refractivity contribution in [1.82, 2.24) is 15.0 Å². The maximum atomic E-state index is 9.19. The summed E-state index contributed by atoms with van der Waals surface area (Å²) in [6.07, 6.45) is -0.134. The second-order valence-corrected chi connectivity index (χ2v) is 5.72. The summed E-state index contributed by atoms with van der Waals surface area (Å²) in [5.41, 5.74) is 0.980. The molecule has 0 spiro atoms. The number of aromatic nitrogens is 2. The van der Waals surface area contributed by atoms with Crippen LogP contribution in [-0.2, 0) is 11.3 Å². The van der Waals surface area contributed by atoms with Crippen LogP contribution < -0.4 is 0 Å². The van der Waals surface area contributed by atoms with Crippen molar-refractivity contribution in [3.63, 3.8) is 0 Å². The fourth-order valence-corrected chi connectivity index (χ4v) is 2.84. The van der Waals surface area contributed by atoms with E-state index in [0.717, 1.165) is 5.56 Å². The van der Waals surface area contributed by atoms with E-state index in [9.17, 15) is 5.11 Å². The lowest BCUT2D eigenvalue weighted by molar-refractivity contribution is -0.0827. The Kier molecular flexibility index (Phi) is 4.11. The summed E-state index contributed by atoms with van der Waals surface area (Å²) in [5, 5.41) is 17.2. The van der Waals surface area contributed by atoms with Gasteiger partial charge in [0.25, 0.3) is 0 Å². The molecule has 108 valence electrons. The summed E-state index contributed by atoms with van der Waals surface area (Å²) in [6, 6.07) is 2.24. The molecular weight excluding hydrogens is 278 g/mol. The Morgan fingerprint density at radius 1 is 1.55 bits per heavy atom. The number of thiophene rings is 1. The van der Waals surface area contributed by atoms with Gasteiger partial charge in [0.15, 0.2) is 0 Å². The van der Waals surface area contributed by atoms with Gasteiger partial charge in [-0.1, -0.05) is 5.16 Å². The second kappa shape index (κ2) is 6.01. The van der Waals surface area contributed by atoms with Crippen LogP contribution in [0, 0.1) is 0 Å². The first-order chi connectivity index (χ1) is 9.76. The highest BCUT2D eigenvalue weighted by Gasteiger charge is 2.27. The van der Waals surface area contributed by atoms with E-state index in [0.29, 0.717) is 31.4 Å². The van der Waals surface area contributed by atoms with Gasteiger partial charge in [0, 0.05) is 23.5 Å². The van der Waals surface area contributed by atoms with E-state index < -0.39 is 0 Å². The van der Waals surface area contributed by atoms with Crippen LogP contribution >= 0.6 is 11.3 Å². The minimum Gasteiger partial charge on any atom is -0.394 e. The highest BCUT2D eigenvalue weighted by atomic mass is 32.1. The maximum Gasteiger partial charge on any atom is 0.241 e. The molecule has 1 aliphatic rings. The molecule has 1 saturated heterocycles. The van der Waals surface area contributed by atoms with Crippen molar-refractivity contribution in [2.24, 2.45) is 0 Å². The minimum atomic E-state index is -0.134. The first-order valence-electron chi connectivity index (χ1n) is 6.58. The molecule has 1 N–H and O–H groups in total. The van der Waals surface area contributed by atoms with Gasteiger partial charge in [-0.25, -0.2) is 0 Å². The Morgan fingerprint density at radius 3 is 3.20 bits per heavy atom. The van der Waals surface area contributed by atoms with E-state index in [4.69, 9.17) is 9.26 Å². The summed E-state index contributed by atoms with van der Waals surface area (Å²) in [7, 11) is 0. The smallest absolute Gasteiger partial charge is 0.241 e. The van der Waals surface area contributed by atoms with E-state index in [1.807, 2.05) is 16.8 Å². The van der Waals surface area contributed by atoms with Crippen LogP contribution in [0.4, 0.5) is 0 Å². The molecule has 2 unspecified atom stereocenters. The zero-order chi connectivity index (χ0) is 13.9. The molecule has 3 heterocycles. The van der Waals surface area contributed by atoms with E-state index in [1.165, 1.54) is 0 Å². The number of nitrogens with zero attached hydrogens (tertiary/aromatic N) is 3. The average Bonchev–Trinajstić information content (AvgIpc) is 3.12. The van der Waals surface area contributed by atoms with Gasteiger partial charge < -0.3 is 14.4 Å². The maximum absolute atomic E-state index is 9.19. The Morgan fingerprint density at radius 2 is 2.45 bits per heavy atom. The lowest BCUT2D eigenvalue weighted by Crippen LogP contribution is -2.48.